The van der Waals surface area contributed by atoms with Gasteiger partial charge in [-0.25, -0.2) is 13.4 Å². The van der Waals surface area contributed by atoms with Crippen molar-refractivity contribution in [2.45, 2.75) is 56.8 Å². The Bertz CT molecular complexity index is 1080. The van der Waals surface area contributed by atoms with Gasteiger partial charge in [-0.15, -0.1) is 11.3 Å². The van der Waals surface area contributed by atoms with Crippen LogP contribution in [0, 0.1) is 5.92 Å². The van der Waals surface area contributed by atoms with Crippen molar-refractivity contribution in [3.63, 3.8) is 0 Å². The van der Waals surface area contributed by atoms with Crippen LogP contribution >= 0.6 is 11.3 Å². The van der Waals surface area contributed by atoms with Crippen LogP contribution < -0.4 is 10.0 Å². The van der Waals surface area contributed by atoms with Crippen molar-refractivity contribution in [3.05, 3.63) is 40.4 Å². The van der Waals surface area contributed by atoms with Crippen molar-refractivity contribution in [2.24, 2.45) is 10.9 Å². The summed E-state index contributed by atoms with van der Waals surface area (Å²) in [5.41, 5.74) is 1.77. The third-order valence-corrected chi connectivity index (χ3v) is 7.86. The molecule has 2 heterocycles. The standard InChI is InChI=1S/C21H26N4O3S2/c1-14-10-11-16-17(13-14)29-21(23-16)24-19(26)9-3-2-6-12-22-20-15-7-4-5-8-18(15)30(27,28)25-20/h4-5,7-8,14H,2-3,6,9-13H2,1H3,(H,22,25)(H,23,24,26). The number of benzene rings is 1. The number of nitrogens with one attached hydrogen (secondary N) is 2. The average Bonchev–Trinajstić information content (AvgIpc) is 3.22. The van der Waals surface area contributed by atoms with E-state index < -0.39 is 10.0 Å². The van der Waals surface area contributed by atoms with E-state index in [0.29, 0.717) is 30.3 Å². The highest BCUT2D eigenvalue weighted by Gasteiger charge is 2.29. The molecule has 1 amide bonds. The first-order chi connectivity index (χ1) is 14.4. The summed E-state index contributed by atoms with van der Waals surface area (Å²) in [6.45, 7) is 2.78. The molecule has 0 radical (unpaired) electrons. The molecule has 30 heavy (non-hydrogen) atoms. The highest BCUT2D eigenvalue weighted by atomic mass is 32.2. The smallest absolute Gasteiger partial charge is 0.263 e. The number of thiazole rings is 1. The number of hydrogen-bond donors (Lipinski definition) is 2. The number of rotatable bonds is 7. The lowest BCUT2D eigenvalue weighted by Crippen LogP contribution is -2.22. The third kappa shape index (κ3) is 4.73. The minimum atomic E-state index is -3.49. The molecule has 1 atom stereocenters. The molecule has 1 aromatic heterocycles. The number of aliphatic imine (C=N–C) groups is 1. The summed E-state index contributed by atoms with van der Waals surface area (Å²) in [5, 5.41) is 3.65. The van der Waals surface area contributed by atoms with Crippen LogP contribution in [0.15, 0.2) is 34.2 Å². The van der Waals surface area contributed by atoms with Crippen molar-refractivity contribution in [3.8, 4) is 0 Å². The minimum Gasteiger partial charge on any atom is -0.302 e. The van der Waals surface area contributed by atoms with Crippen LogP contribution in [-0.2, 0) is 27.7 Å². The van der Waals surface area contributed by atoms with E-state index in [9.17, 15) is 13.2 Å². The number of amides is 1. The number of unbranched alkanes of at least 4 members (excludes halogenated alkanes) is 2. The van der Waals surface area contributed by atoms with Crippen LogP contribution in [0.3, 0.4) is 0 Å². The Morgan fingerprint density at radius 2 is 2.13 bits per heavy atom. The quantitative estimate of drug-likeness (QED) is 0.636. The molecular weight excluding hydrogens is 420 g/mol. The Balaban J connectivity index is 1.19. The minimum absolute atomic E-state index is 0.00191. The third-order valence-electron chi connectivity index (χ3n) is 5.43. The number of anilines is 1. The van der Waals surface area contributed by atoms with Gasteiger partial charge in [-0.05, 0) is 50.2 Å². The van der Waals surface area contributed by atoms with E-state index in [2.05, 4.69) is 26.9 Å². The van der Waals surface area contributed by atoms with Crippen LogP contribution in [0.5, 0.6) is 0 Å². The fourth-order valence-electron chi connectivity index (χ4n) is 3.79. The summed E-state index contributed by atoms with van der Waals surface area (Å²) in [6, 6.07) is 6.84. The Hall–Kier alpha value is -2.26. The van der Waals surface area contributed by atoms with Gasteiger partial charge in [0.05, 0.1) is 10.6 Å². The lowest BCUT2D eigenvalue weighted by atomic mass is 9.93. The van der Waals surface area contributed by atoms with Gasteiger partial charge in [0.2, 0.25) is 5.91 Å². The highest BCUT2D eigenvalue weighted by Crippen LogP contribution is 2.32. The molecule has 2 aromatic rings. The van der Waals surface area contributed by atoms with Crippen molar-refractivity contribution in [1.82, 2.24) is 9.71 Å². The lowest BCUT2D eigenvalue weighted by molar-refractivity contribution is -0.116. The molecule has 0 spiro atoms. The topological polar surface area (TPSA) is 101 Å². The Morgan fingerprint density at radius 3 is 3.00 bits per heavy atom. The van der Waals surface area contributed by atoms with Gasteiger partial charge < -0.3 is 5.32 Å². The molecule has 1 aliphatic heterocycles. The number of aromatic nitrogens is 1. The maximum Gasteiger partial charge on any atom is 0.263 e. The first-order valence-electron chi connectivity index (χ1n) is 10.4. The predicted molar refractivity (Wildman–Crippen MR) is 119 cm³/mol. The van der Waals surface area contributed by atoms with Gasteiger partial charge in [-0.2, -0.15) is 0 Å². The first kappa shape index (κ1) is 21.0. The van der Waals surface area contributed by atoms with Crippen LogP contribution in [0.25, 0.3) is 0 Å². The maximum absolute atomic E-state index is 12.2. The molecule has 1 aliphatic carbocycles. The zero-order valence-electron chi connectivity index (χ0n) is 17.0. The molecule has 7 nitrogen and oxygen atoms in total. The number of sulfonamides is 1. The van der Waals surface area contributed by atoms with E-state index in [-0.39, 0.29) is 10.8 Å². The van der Waals surface area contributed by atoms with Gasteiger partial charge in [0.1, 0.15) is 5.84 Å². The van der Waals surface area contributed by atoms with Crippen LogP contribution in [0.2, 0.25) is 0 Å². The van der Waals surface area contributed by atoms with Crippen LogP contribution in [0.1, 0.15) is 55.2 Å². The number of carbonyl (C=O) groups is 1. The summed E-state index contributed by atoms with van der Waals surface area (Å²) in [4.78, 5) is 22.8. The number of fused-ring (bicyclic) bond motifs is 2. The normalized spacial score (nSPS) is 20.4. The zero-order valence-corrected chi connectivity index (χ0v) is 18.6. The zero-order chi connectivity index (χ0) is 21.1. The van der Waals surface area contributed by atoms with E-state index in [1.54, 1.807) is 35.6 Å². The fraction of sp³-hybridized carbons (Fsp3) is 0.476. The molecule has 2 aliphatic rings. The van der Waals surface area contributed by atoms with Crippen molar-refractivity contribution >= 4 is 38.2 Å². The molecule has 1 unspecified atom stereocenters. The largest absolute Gasteiger partial charge is 0.302 e. The monoisotopic (exact) mass is 446 g/mol. The summed E-state index contributed by atoms with van der Waals surface area (Å²) < 4.78 is 26.6. The second-order valence-electron chi connectivity index (χ2n) is 7.93. The Morgan fingerprint density at radius 1 is 1.30 bits per heavy atom. The molecule has 0 saturated carbocycles. The highest BCUT2D eigenvalue weighted by molar-refractivity contribution is 7.90. The van der Waals surface area contributed by atoms with Gasteiger partial charge >= 0.3 is 0 Å². The summed E-state index contributed by atoms with van der Waals surface area (Å²) in [5.74, 6) is 1.10. The maximum atomic E-state index is 12.2. The lowest BCUT2D eigenvalue weighted by Gasteiger charge is -2.15. The summed E-state index contributed by atoms with van der Waals surface area (Å²) in [6.07, 6.45) is 6.10. The van der Waals surface area contributed by atoms with Crippen molar-refractivity contribution < 1.29 is 13.2 Å². The number of nitrogens with zero attached hydrogens (tertiary/aromatic N) is 2. The SMILES string of the molecule is CC1CCc2nc(NC(=O)CCCCCN=C3NS(=O)(=O)c4ccccc43)sc2C1. The van der Waals surface area contributed by atoms with E-state index in [1.165, 1.54) is 11.3 Å². The average molecular weight is 447 g/mol. The number of amidine groups is 1. The van der Waals surface area contributed by atoms with E-state index >= 15 is 0 Å². The molecule has 0 saturated heterocycles. The Kier molecular flexibility index (Phi) is 6.19. The molecule has 9 heteroatoms. The molecule has 2 N–H and O–H groups in total. The molecule has 4 rings (SSSR count). The molecule has 160 valence electrons. The van der Waals surface area contributed by atoms with Crippen LogP contribution in [-0.4, -0.2) is 31.7 Å². The van der Waals surface area contributed by atoms with E-state index in [0.717, 1.165) is 42.9 Å². The summed E-state index contributed by atoms with van der Waals surface area (Å²) in [7, 11) is -3.49. The van der Waals surface area contributed by atoms with Crippen molar-refractivity contribution in [2.75, 3.05) is 11.9 Å². The van der Waals surface area contributed by atoms with E-state index in [4.69, 9.17) is 0 Å². The van der Waals surface area contributed by atoms with Gasteiger partial charge in [-0.3, -0.25) is 14.5 Å². The van der Waals surface area contributed by atoms with E-state index in [1.807, 2.05) is 0 Å². The second-order valence-corrected chi connectivity index (χ2v) is 10.7. The number of aryl methyl sites for hydroxylation is 1. The Labute approximate surface area is 181 Å². The van der Waals surface area contributed by atoms with Gasteiger partial charge in [0.25, 0.3) is 10.0 Å². The van der Waals surface area contributed by atoms with Gasteiger partial charge in [0, 0.05) is 23.4 Å². The van der Waals surface area contributed by atoms with Gasteiger partial charge in [-0.1, -0.05) is 25.5 Å². The van der Waals surface area contributed by atoms with Gasteiger partial charge in [0.15, 0.2) is 5.13 Å². The molecular formula is C21H26N4O3S2. The number of hydrogen-bond acceptors (Lipinski definition) is 6. The summed E-state index contributed by atoms with van der Waals surface area (Å²) >= 11 is 1.61. The molecule has 1 aromatic carbocycles. The second kappa shape index (κ2) is 8.85. The predicted octanol–water partition coefficient (Wildman–Crippen LogP) is 3.51. The molecule has 0 bridgehead atoms. The first-order valence-corrected chi connectivity index (χ1v) is 12.7. The van der Waals surface area contributed by atoms with Crippen LogP contribution in [0.4, 0.5) is 5.13 Å². The fourth-order valence-corrected chi connectivity index (χ4v) is 6.23. The number of carbonyl (C=O) groups excluding carboxylic acids is 1. The molecule has 0 fully saturated rings. The van der Waals surface area contributed by atoms with Crippen molar-refractivity contribution in [1.29, 1.82) is 0 Å².